The summed E-state index contributed by atoms with van der Waals surface area (Å²) >= 11 is 0. The van der Waals surface area contributed by atoms with E-state index in [-0.39, 0.29) is 12.2 Å². The third-order valence-electron chi connectivity index (χ3n) is 2.25. The van der Waals surface area contributed by atoms with Crippen molar-refractivity contribution in [3.8, 4) is 5.75 Å². The standard InChI is InChI=1S/C12H16O5/c1-4-17-12(14)10-7-8(15-2)5-6-9(10)11(13)16-3/h5-7,11,13H,4H2,1-3H3. The minimum atomic E-state index is -1.17. The molecule has 17 heavy (non-hydrogen) atoms. The molecule has 0 saturated carbocycles. The number of benzene rings is 1. The molecule has 0 bridgehead atoms. The quantitative estimate of drug-likeness (QED) is 0.624. The van der Waals surface area contributed by atoms with Crippen LogP contribution in [0.1, 0.15) is 29.1 Å². The Balaban J connectivity index is 3.15. The summed E-state index contributed by atoms with van der Waals surface area (Å²) < 4.78 is 14.7. The monoisotopic (exact) mass is 240 g/mol. The average molecular weight is 240 g/mol. The Morgan fingerprint density at radius 1 is 1.41 bits per heavy atom. The molecule has 1 rings (SSSR count). The third-order valence-corrected chi connectivity index (χ3v) is 2.25. The van der Waals surface area contributed by atoms with Gasteiger partial charge >= 0.3 is 5.97 Å². The highest BCUT2D eigenvalue weighted by Gasteiger charge is 2.19. The van der Waals surface area contributed by atoms with Crippen LogP contribution in [0.2, 0.25) is 0 Å². The highest BCUT2D eigenvalue weighted by atomic mass is 16.6. The number of rotatable bonds is 5. The van der Waals surface area contributed by atoms with Gasteiger partial charge < -0.3 is 19.3 Å². The molecule has 0 aliphatic rings. The highest BCUT2D eigenvalue weighted by molar-refractivity contribution is 5.91. The summed E-state index contributed by atoms with van der Waals surface area (Å²) in [7, 11) is 2.85. The fraction of sp³-hybridized carbons (Fsp3) is 0.417. The van der Waals surface area contributed by atoms with Crippen molar-refractivity contribution in [1.29, 1.82) is 0 Å². The zero-order valence-corrected chi connectivity index (χ0v) is 10.1. The first kappa shape index (κ1) is 13.5. The number of aliphatic hydroxyl groups excluding tert-OH is 1. The molecule has 0 radical (unpaired) electrons. The second-order valence-corrected chi connectivity index (χ2v) is 3.26. The minimum Gasteiger partial charge on any atom is -0.497 e. The van der Waals surface area contributed by atoms with Crippen LogP contribution in [0.25, 0.3) is 0 Å². The lowest BCUT2D eigenvalue weighted by Gasteiger charge is -2.14. The Labute approximate surface area is 99.9 Å². The molecule has 0 aromatic heterocycles. The molecule has 1 aromatic rings. The van der Waals surface area contributed by atoms with E-state index in [2.05, 4.69) is 0 Å². The minimum absolute atomic E-state index is 0.237. The second-order valence-electron chi connectivity index (χ2n) is 3.26. The van der Waals surface area contributed by atoms with E-state index in [0.717, 1.165) is 0 Å². The van der Waals surface area contributed by atoms with Gasteiger partial charge in [0.05, 0.1) is 19.3 Å². The largest absolute Gasteiger partial charge is 0.497 e. The summed E-state index contributed by atoms with van der Waals surface area (Å²) in [6.45, 7) is 1.98. The van der Waals surface area contributed by atoms with Gasteiger partial charge in [-0.1, -0.05) is 0 Å². The summed E-state index contributed by atoms with van der Waals surface area (Å²) in [5.41, 5.74) is 0.590. The lowest BCUT2D eigenvalue weighted by atomic mass is 10.1. The number of carbonyl (C=O) groups is 1. The van der Waals surface area contributed by atoms with Crippen molar-refractivity contribution in [2.75, 3.05) is 20.8 Å². The maximum atomic E-state index is 11.7. The molecule has 0 heterocycles. The Morgan fingerprint density at radius 2 is 2.12 bits per heavy atom. The van der Waals surface area contributed by atoms with Crippen LogP contribution in [-0.2, 0) is 9.47 Å². The summed E-state index contributed by atoms with van der Waals surface area (Å²) in [6.07, 6.45) is -1.17. The number of esters is 1. The van der Waals surface area contributed by atoms with E-state index in [1.807, 2.05) is 0 Å². The third kappa shape index (κ3) is 3.18. The maximum absolute atomic E-state index is 11.7. The number of hydrogen-bond donors (Lipinski definition) is 1. The molecule has 1 aromatic carbocycles. The number of carbonyl (C=O) groups excluding carboxylic acids is 1. The smallest absolute Gasteiger partial charge is 0.338 e. The van der Waals surface area contributed by atoms with E-state index < -0.39 is 12.3 Å². The second kappa shape index (κ2) is 6.22. The van der Waals surface area contributed by atoms with Crippen molar-refractivity contribution in [3.05, 3.63) is 29.3 Å². The molecule has 1 N–H and O–H groups in total. The Bertz CT molecular complexity index is 388. The van der Waals surface area contributed by atoms with Crippen LogP contribution in [-0.4, -0.2) is 31.9 Å². The van der Waals surface area contributed by atoms with Crippen LogP contribution >= 0.6 is 0 Å². The van der Waals surface area contributed by atoms with Crippen LogP contribution in [0.5, 0.6) is 5.75 Å². The van der Waals surface area contributed by atoms with Gasteiger partial charge in [-0.2, -0.15) is 0 Å². The molecule has 0 saturated heterocycles. The van der Waals surface area contributed by atoms with Crippen molar-refractivity contribution in [3.63, 3.8) is 0 Å². The number of ether oxygens (including phenoxy) is 3. The molecular formula is C12H16O5. The van der Waals surface area contributed by atoms with E-state index in [0.29, 0.717) is 11.3 Å². The number of aliphatic hydroxyl groups is 1. The first-order chi connectivity index (χ1) is 8.13. The first-order valence-electron chi connectivity index (χ1n) is 5.20. The predicted octanol–water partition coefficient (Wildman–Crippen LogP) is 1.51. The zero-order chi connectivity index (χ0) is 12.8. The topological polar surface area (TPSA) is 65.0 Å². The molecule has 0 spiro atoms. The van der Waals surface area contributed by atoms with Gasteiger partial charge in [-0.25, -0.2) is 4.79 Å². The van der Waals surface area contributed by atoms with E-state index in [1.165, 1.54) is 20.3 Å². The Hall–Kier alpha value is -1.59. The SMILES string of the molecule is CCOC(=O)c1cc(OC)ccc1C(O)OC. The summed E-state index contributed by atoms with van der Waals surface area (Å²) in [4.78, 5) is 11.7. The summed E-state index contributed by atoms with van der Waals surface area (Å²) in [5, 5.41) is 9.62. The van der Waals surface area contributed by atoms with Crippen LogP contribution in [0, 0.1) is 0 Å². The normalized spacial score (nSPS) is 12.0. The maximum Gasteiger partial charge on any atom is 0.338 e. The molecule has 5 nitrogen and oxygen atoms in total. The fourth-order valence-corrected chi connectivity index (χ4v) is 1.39. The molecule has 1 unspecified atom stereocenters. The van der Waals surface area contributed by atoms with Gasteiger partial charge in [-0.3, -0.25) is 0 Å². The number of methoxy groups -OCH3 is 2. The zero-order valence-electron chi connectivity index (χ0n) is 10.1. The van der Waals surface area contributed by atoms with Crippen LogP contribution < -0.4 is 4.74 Å². The highest BCUT2D eigenvalue weighted by Crippen LogP contribution is 2.24. The lowest BCUT2D eigenvalue weighted by molar-refractivity contribution is -0.0775. The molecule has 1 atom stereocenters. The van der Waals surface area contributed by atoms with Gasteiger partial charge in [0.2, 0.25) is 0 Å². The molecule has 0 fully saturated rings. The number of hydrogen-bond acceptors (Lipinski definition) is 5. The van der Waals surface area contributed by atoms with E-state index >= 15 is 0 Å². The van der Waals surface area contributed by atoms with Crippen LogP contribution in [0.4, 0.5) is 0 Å². The molecule has 0 amide bonds. The Morgan fingerprint density at radius 3 is 2.65 bits per heavy atom. The van der Waals surface area contributed by atoms with Crippen LogP contribution in [0.15, 0.2) is 18.2 Å². The van der Waals surface area contributed by atoms with Crippen molar-refractivity contribution < 1.29 is 24.1 Å². The van der Waals surface area contributed by atoms with Gasteiger partial charge in [0.15, 0.2) is 6.29 Å². The van der Waals surface area contributed by atoms with Gasteiger partial charge in [-0.05, 0) is 25.1 Å². The predicted molar refractivity (Wildman–Crippen MR) is 60.9 cm³/mol. The summed E-state index contributed by atoms with van der Waals surface area (Å²) in [6, 6.07) is 4.72. The van der Waals surface area contributed by atoms with Gasteiger partial charge in [0, 0.05) is 12.7 Å². The van der Waals surface area contributed by atoms with Crippen molar-refractivity contribution in [2.24, 2.45) is 0 Å². The van der Waals surface area contributed by atoms with Crippen molar-refractivity contribution in [1.82, 2.24) is 0 Å². The van der Waals surface area contributed by atoms with Gasteiger partial charge in [0.1, 0.15) is 5.75 Å². The van der Waals surface area contributed by atoms with Gasteiger partial charge in [-0.15, -0.1) is 0 Å². The molecule has 5 heteroatoms. The first-order valence-corrected chi connectivity index (χ1v) is 5.20. The van der Waals surface area contributed by atoms with E-state index in [4.69, 9.17) is 14.2 Å². The van der Waals surface area contributed by atoms with Crippen molar-refractivity contribution >= 4 is 5.97 Å². The fourth-order valence-electron chi connectivity index (χ4n) is 1.39. The van der Waals surface area contributed by atoms with Gasteiger partial charge in [0.25, 0.3) is 0 Å². The van der Waals surface area contributed by atoms with E-state index in [9.17, 15) is 9.90 Å². The van der Waals surface area contributed by atoms with Crippen LogP contribution in [0.3, 0.4) is 0 Å². The molecule has 0 aliphatic carbocycles. The molecule has 94 valence electrons. The molecule has 0 aliphatic heterocycles. The molecular weight excluding hydrogens is 224 g/mol. The average Bonchev–Trinajstić information content (AvgIpc) is 2.37. The summed E-state index contributed by atoms with van der Waals surface area (Å²) in [5.74, 6) is -0.00222. The van der Waals surface area contributed by atoms with Crippen molar-refractivity contribution in [2.45, 2.75) is 13.2 Å². The lowest BCUT2D eigenvalue weighted by Crippen LogP contribution is -2.12. The Kier molecular flexibility index (Phi) is 4.93. The van der Waals surface area contributed by atoms with E-state index in [1.54, 1.807) is 19.1 Å².